The molecule has 0 aliphatic heterocycles. The van der Waals surface area contributed by atoms with E-state index in [2.05, 4.69) is 9.47 Å². The number of anilines is 1. The van der Waals surface area contributed by atoms with Gasteiger partial charge in [0.25, 0.3) is 0 Å². The van der Waals surface area contributed by atoms with Gasteiger partial charge in [0.1, 0.15) is 0 Å². The van der Waals surface area contributed by atoms with Crippen LogP contribution in [-0.2, 0) is 29.5 Å². The highest BCUT2D eigenvalue weighted by atomic mass is 19.4. The number of alkyl halides is 15. The lowest BCUT2D eigenvalue weighted by Crippen LogP contribution is -2.56. The average molecular weight is 619 g/mol. The zero-order valence-corrected chi connectivity index (χ0v) is 19.1. The van der Waals surface area contributed by atoms with Gasteiger partial charge in [-0.3, -0.25) is 9.59 Å². The number of rotatable bonds is 6. The molecule has 1 unspecified atom stereocenters. The largest absolute Gasteiger partial charge is 0.466 e. The van der Waals surface area contributed by atoms with Gasteiger partial charge in [-0.1, -0.05) is 12.1 Å². The van der Waals surface area contributed by atoms with E-state index in [1.807, 2.05) is 0 Å². The van der Waals surface area contributed by atoms with Crippen LogP contribution in [0, 0.1) is 11.8 Å². The molecule has 0 radical (unpaired) electrons. The number of methoxy groups -OCH3 is 1. The maximum atomic E-state index is 14.0. The second-order valence-electron chi connectivity index (χ2n) is 7.57. The van der Waals surface area contributed by atoms with Gasteiger partial charge in [-0.05, 0) is 12.1 Å². The number of hydrogen-bond donors (Lipinski definition) is 0. The molecule has 0 saturated heterocycles. The number of hydrogen-bond acceptors (Lipinski definition) is 5. The highest BCUT2D eigenvalue weighted by molar-refractivity contribution is 5.95. The van der Waals surface area contributed by atoms with Crippen molar-refractivity contribution in [1.82, 2.24) is 0 Å². The monoisotopic (exact) mass is 619 g/mol. The first-order valence-corrected chi connectivity index (χ1v) is 9.67. The van der Waals surface area contributed by atoms with Crippen LogP contribution in [0.5, 0.6) is 0 Å². The van der Waals surface area contributed by atoms with Crippen molar-refractivity contribution in [3.63, 3.8) is 0 Å². The summed E-state index contributed by atoms with van der Waals surface area (Å²) in [6.45, 7) is 0. The van der Waals surface area contributed by atoms with Gasteiger partial charge in [0.15, 0.2) is 0 Å². The fourth-order valence-electron chi connectivity index (χ4n) is 3.07. The molecule has 40 heavy (non-hydrogen) atoms. The molecule has 1 atom stereocenters. The average Bonchev–Trinajstić information content (AvgIpc) is 2.71. The Hall–Kier alpha value is -3.42. The number of amides is 1. The minimum atomic E-state index is -6.58. The number of ether oxygens (including phenoxy) is 2. The normalized spacial score (nSPS) is 15.1. The van der Waals surface area contributed by atoms with Crippen molar-refractivity contribution in [2.24, 2.45) is 11.8 Å². The van der Waals surface area contributed by atoms with E-state index in [9.17, 15) is 80.2 Å². The molecular formula is C19H12F15NO5. The minimum Gasteiger partial charge on any atom is -0.466 e. The van der Waals surface area contributed by atoms with Crippen LogP contribution in [0.2, 0.25) is 0 Å². The van der Waals surface area contributed by atoms with Crippen LogP contribution < -0.4 is 4.90 Å². The standard InChI is InChI=1S/C19H12F15NO5/c1-35(11(36)9(15(20,21)22)16(23,24)25)8-5-3-7(4-6-8)14(13(38)39-2,19(32,33)34)40-12(37)10(17(26,27)28)18(29,30)31/h3-6,9-10H,1-2H3. The molecule has 6 nitrogen and oxygen atoms in total. The molecule has 1 rings (SSSR count). The Morgan fingerprint density at radius 2 is 1.05 bits per heavy atom. The third-order valence-corrected chi connectivity index (χ3v) is 4.91. The second kappa shape index (κ2) is 10.9. The van der Waals surface area contributed by atoms with Crippen LogP contribution in [0.4, 0.5) is 71.5 Å². The molecule has 1 amide bonds. The van der Waals surface area contributed by atoms with Gasteiger partial charge in [-0.25, -0.2) is 4.79 Å². The van der Waals surface area contributed by atoms with Crippen LogP contribution in [0.25, 0.3) is 0 Å². The van der Waals surface area contributed by atoms with Gasteiger partial charge in [-0.2, -0.15) is 65.9 Å². The zero-order chi connectivity index (χ0) is 31.9. The summed E-state index contributed by atoms with van der Waals surface area (Å²) in [7, 11) is 0.452. The smallest absolute Gasteiger partial charge is 0.444 e. The van der Waals surface area contributed by atoms with Crippen molar-refractivity contribution >= 4 is 23.5 Å². The van der Waals surface area contributed by atoms with E-state index in [1.165, 1.54) is 0 Å². The summed E-state index contributed by atoms with van der Waals surface area (Å²) < 4.78 is 203. The molecule has 0 N–H and O–H groups in total. The van der Waals surface area contributed by atoms with Gasteiger partial charge in [-0.15, -0.1) is 0 Å². The topological polar surface area (TPSA) is 72.9 Å². The third kappa shape index (κ3) is 7.01. The summed E-state index contributed by atoms with van der Waals surface area (Å²) in [5.41, 5.74) is -7.91. The van der Waals surface area contributed by atoms with Gasteiger partial charge < -0.3 is 14.4 Å². The molecular weight excluding hydrogens is 607 g/mol. The highest BCUT2D eigenvalue weighted by Crippen LogP contribution is 2.48. The lowest BCUT2D eigenvalue weighted by Gasteiger charge is -2.34. The molecule has 0 spiro atoms. The van der Waals surface area contributed by atoms with Gasteiger partial charge >= 0.3 is 48.4 Å². The van der Waals surface area contributed by atoms with Gasteiger partial charge in [0, 0.05) is 18.3 Å². The van der Waals surface area contributed by atoms with E-state index in [-0.39, 0.29) is 36.3 Å². The SMILES string of the molecule is COC(=O)C(OC(=O)C(C(F)(F)F)C(F)(F)F)(c1ccc(N(C)C(=O)C(C(F)(F)F)C(F)(F)F)cc1)C(F)(F)F. The van der Waals surface area contributed by atoms with E-state index < -0.39 is 77.4 Å². The molecule has 0 saturated carbocycles. The van der Waals surface area contributed by atoms with Crippen molar-refractivity contribution in [1.29, 1.82) is 0 Å². The summed E-state index contributed by atoms with van der Waals surface area (Å²) in [6, 6.07) is 0.0883. The van der Waals surface area contributed by atoms with E-state index in [0.717, 1.165) is 0 Å². The van der Waals surface area contributed by atoms with Crippen molar-refractivity contribution in [3.05, 3.63) is 29.8 Å². The first kappa shape index (κ1) is 34.6. The minimum absolute atomic E-state index is 0.0802. The van der Waals surface area contributed by atoms with Crippen molar-refractivity contribution in [2.45, 2.75) is 36.5 Å². The lowest BCUT2D eigenvalue weighted by molar-refractivity contribution is -0.307. The summed E-state index contributed by atoms with van der Waals surface area (Å²) in [6.07, 6.45) is -31.9. The Labute approximate surface area is 211 Å². The molecule has 228 valence electrons. The third-order valence-electron chi connectivity index (χ3n) is 4.91. The van der Waals surface area contributed by atoms with Gasteiger partial charge in [0.05, 0.1) is 7.11 Å². The van der Waals surface area contributed by atoms with Crippen LogP contribution in [0.3, 0.4) is 0 Å². The van der Waals surface area contributed by atoms with Crippen molar-refractivity contribution < 1.29 is 89.7 Å². The Bertz CT molecular complexity index is 1060. The van der Waals surface area contributed by atoms with Crippen molar-refractivity contribution in [2.75, 3.05) is 19.1 Å². The van der Waals surface area contributed by atoms with E-state index >= 15 is 0 Å². The Balaban J connectivity index is 3.73. The zero-order valence-electron chi connectivity index (χ0n) is 19.1. The Morgan fingerprint density at radius 1 is 0.675 bits per heavy atom. The number of nitrogens with zero attached hydrogens (tertiary/aromatic N) is 1. The second-order valence-corrected chi connectivity index (χ2v) is 7.57. The predicted octanol–water partition coefficient (Wildman–Crippen LogP) is 5.60. The Morgan fingerprint density at radius 3 is 1.35 bits per heavy atom. The first-order chi connectivity index (χ1) is 17.6. The highest BCUT2D eigenvalue weighted by Gasteiger charge is 2.70. The molecule has 1 aromatic carbocycles. The molecule has 0 aliphatic rings. The van der Waals surface area contributed by atoms with Crippen LogP contribution in [0.1, 0.15) is 5.56 Å². The van der Waals surface area contributed by atoms with Crippen LogP contribution >= 0.6 is 0 Å². The molecule has 0 heterocycles. The number of carbonyl (C=O) groups excluding carboxylic acids is 3. The molecule has 0 fully saturated rings. The van der Waals surface area contributed by atoms with Crippen LogP contribution in [-0.4, -0.2) is 62.9 Å². The number of esters is 2. The lowest BCUT2D eigenvalue weighted by atomic mass is 9.91. The molecule has 0 aromatic heterocycles. The summed E-state index contributed by atoms with van der Waals surface area (Å²) in [5.74, 6) is -19.0. The number of benzene rings is 1. The number of carbonyl (C=O) groups is 3. The molecule has 1 aromatic rings. The van der Waals surface area contributed by atoms with E-state index in [4.69, 9.17) is 0 Å². The quantitative estimate of drug-likeness (QED) is 0.306. The fourth-order valence-corrected chi connectivity index (χ4v) is 3.07. The maximum Gasteiger partial charge on any atom is 0.444 e. The molecule has 0 bridgehead atoms. The van der Waals surface area contributed by atoms with Crippen LogP contribution in [0.15, 0.2) is 24.3 Å². The summed E-state index contributed by atoms with van der Waals surface area (Å²) in [5, 5.41) is 0. The van der Waals surface area contributed by atoms with E-state index in [1.54, 1.807) is 0 Å². The maximum absolute atomic E-state index is 14.0. The fraction of sp³-hybridized carbons (Fsp3) is 0.526. The van der Waals surface area contributed by atoms with Crippen molar-refractivity contribution in [3.8, 4) is 0 Å². The molecule has 21 heteroatoms. The first-order valence-electron chi connectivity index (χ1n) is 9.67. The van der Waals surface area contributed by atoms with Gasteiger partial charge in [0.2, 0.25) is 17.7 Å². The Kier molecular flexibility index (Phi) is 9.40. The summed E-state index contributed by atoms with van der Waals surface area (Å²) in [4.78, 5) is 35.4. The molecule has 0 aliphatic carbocycles. The number of halogens is 15. The predicted molar refractivity (Wildman–Crippen MR) is 96.9 cm³/mol. The van der Waals surface area contributed by atoms with E-state index in [0.29, 0.717) is 7.05 Å². The summed E-state index contributed by atoms with van der Waals surface area (Å²) >= 11 is 0.